The van der Waals surface area contributed by atoms with Gasteiger partial charge in [0, 0.05) is 13.0 Å². The number of halogens is 1. The van der Waals surface area contributed by atoms with Crippen LogP contribution in [-0.2, 0) is 4.79 Å². The zero-order chi connectivity index (χ0) is 15.5. The van der Waals surface area contributed by atoms with Gasteiger partial charge in [0.25, 0.3) is 0 Å². The molecule has 114 valence electrons. The third kappa shape index (κ3) is 3.08. The Bertz CT molecular complexity index is 672. The average molecular weight is 299 g/mol. The van der Waals surface area contributed by atoms with E-state index in [4.69, 9.17) is 0 Å². The SMILES string of the molecule is CC(Nc1ccc(N2CCCC2=O)cn1)c1cccc(F)c1. The Labute approximate surface area is 129 Å². The molecule has 2 heterocycles. The van der Waals surface area contributed by atoms with Crippen LogP contribution in [-0.4, -0.2) is 17.4 Å². The number of rotatable bonds is 4. The van der Waals surface area contributed by atoms with E-state index in [9.17, 15) is 9.18 Å². The largest absolute Gasteiger partial charge is 0.364 e. The summed E-state index contributed by atoms with van der Waals surface area (Å²) in [6.07, 6.45) is 3.20. The van der Waals surface area contributed by atoms with Crippen LogP contribution in [0.3, 0.4) is 0 Å². The van der Waals surface area contributed by atoms with E-state index in [2.05, 4.69) is 10.3 Å². The van der Waals surface area contributed by atoms with E-state index < -0.39 is 0 Å². The molecule has 1 aromatic carbocycles. The van der Waals surface area contributed by atoms with Gasteiger partial charge in [0.15, 0.2) is 0 Å². The van der Waals surface area contributed by atoms with Crippen LogP contribution in [0.4, 0.5) is 15.9 Å². The van der Waals surface area contributed by atoms with E-state index in [-0.39, 0.29) is 17.8 Å². The predicted octanol–water partition coefficient (Wildman–Crippen LogP) is 3.52. The number of pyridine rings is 1. The number of hydrogen-bond donors (Lipinski definition) is 1. The molecule has 1 unspecified atom stereocenters. The maximum atomic E-state index is 13.2. The van der Waals surface area contributed by atoms with E-state index in [1.165, 1.54) is 12.1 Å². The molecule has 0 spiro atoms. The Balaban J connectivity index is 1.69. The molecule has 22 heavy (non-hydrogen) atoms. The van der Waals surface area contributed by atoms with Crippen molar-refractivity contribution in [2.75, 3.05) is 16.8 Å². The van der Waals surface area contributed by atoms with Crippen LogP contribution in [0.25, 0.3) is 0 Å². The molecule has 1 N–H and O–H groups in total. The van der Waals surface area contributed by atoms with Gasteiger partial charge in [0.2, 0.25) is 5.91 Å². The molecule has 5 heteroatoms. The molecule has 1 fully saturated rings. The number of hydrogen-bond acceptors (Lipinski definition) is 3. The molecular formula is C17H18FN3O. The molecule has 1 aromatic heterocycles. The lowest BCUT2D eigenvalue weighted by molar-refractivity contribution is -0.117. The molecule has 0 saturated carbocycles. The standard InChI is InChI=1S/C17H18FN3O/c1-12(13-4-2-5-14(18)10-13)20-16-8-7-15(11-19-16)21-9-3-6-17(21)22/h2,4-5,7-8,10-12H,3,6,9H2,1H3,(H,19,20). The first kappa shape index (κ1) is 14.5. The van der Waals surface area contributed by atoms with Gasteiger partial charge in [0.05, 0.1) is 17.9 Å². The summed E-state index contributed by atoms with van der Waals surface area (Å²) in [5, 5.41) is 3.23. The average Bonchev–Trinajstić information content (AvgIpc) is 2.94. The van der Waals surface area contributed by atoms with Gasteiger partial charge in [-0.2, -0.15) is 0 Å². The van der Waals surface area contributed by atoms with E-state index in [0.717, 1.165) is 24.2 Å². The first-order valence-corrected chi connectivity index (χ1v) is 7.42. The van der Waals surface area contributed by atoms with Gasteiger partial charge in [-0.25, -0.2) is 9.37 Å². The summed E-state index contributed by atoms with van der Waals surface area (Å²) in [4.78, 5) is 17.8. The zero-order valence-electron chi connectivity index (χ0n) is 12.4. The summed E-state index contributed by atoms with van der Waals surface area (Å²) < 4.78 is 13.2. The van der Waals surface area contributed by atoms with Crippen molar-refractivity contribution in [1.29, 1.82) is 0 Å². The van der Waals surface area contributed by atoms with E-state index in [0.29, 0.717) is 12.2 Å². The highest BCUT2D eigenvalue weighted by molar-refractivity contribution is 5.95. The lowest BCUT2D eigenvalue weighted by atomic mass is 10.1. The van der Waals surface area contributed by atoms with Gasteiger partial charge in [-0.15, -0.1) is 0 Å². The van der Waals surface area contributed by atoms with Crippen molar-refractivity contribution in [3.8, 4) is 0 Å². The first-order chi connectivity index (χ1) is 10.6. The number of anilines is 2. The Morgan fingerprint density at radius 3 is 2.82 bits per heavy atom. The topological polar surface area (TPSA) is 45.2 Å². The molecule has 4 nitrogen and oxygen atoms in total. The lowest BCUT2D eigenvalue weighted by Gasteiger charge is -2.18. The molecule has 1 aliphatic heterocycles. The van der Waals surface area contributed by atoms with Crippen LogP contribution >= 0.6 is 0 Å². The summed E-state index contributed by atoms with van der Waals surface area (Å²) in [6.45, 7) is 2.71. The quantitative estimate of drug-likeness (QED) is 0.939. The van der Waals surface area contributed by atoms with Crippen LogP contribution in [0, 0.1) is 5.82 Å². The molecule has 1 atom stereocenters. The normalized spacial score (nSPS) is 15.9. The molecule has 2 aromatic rings. The molecule has 1 amide bonds. The summed E-state index contributed by atoms with van der Waals surface area (Å²) in [5.74, 6) is 0.602. The third-order valence-electron chi connectivity index (χ3n) is 3.85. The minimum atomic E-state index is -0.248. The van der Waals surface area contributed by atoms with Crippen LogP contribution in [0.1, 0.15) is 31.4 Å². The fourth-order valence-electron chi connectivity index (χ4n) is 2.63. The van der Waals surface area contributed by atoms with Gasteiger partial charge in [-0.05, 0) is 43.2 Å². The second-order valence-electron chi connectivity index (χ2n) is 5.47. The molecule has 0 radical (unpaired) electrons. The van der Waals surface area contributed by atoms with Crippen molar-refractivity contribution in [2.24, 2.45) is 0 Å². The van der Waals surface area contributed by atoms with Crippen LogP contribution in [0.5, 0.6) is 0 Å². The van der Waals surface area contributed by atoms with Gasteiger partial charge in [0.1, 0.15) is 11.6 Å². The smallest absolute Gasteiger partial charge is 0.227 e. The van der Waals surface area contributed by atoms with E-state index >= 15 is 0 Å². The second kappa shape index (κ2) is 6.13. The van der Waals surface area contributed by atoms with Crippen molar-refractivity contribution in [3.05, 3.63) is 54.0 Å². The molecule has 3 rings (SSSR count). The summed E-state index contributed by atoms with van der Waals surface area (Å²) in [6, 6.07) is 10.2. The number of nitrogens with zero attached hydrogens (tertiary/aromatic N) is 2. The zero-order valence-corrected chi connectivity index (χ0v) is 12.4. The fraction of sp³-hybridized carbons (Fsp3) is 0.294. The number of benzene rings is 1. The predicted molar refractivity (Wildman–Crippen MR) is 84.3 cm³/mol. The Morgan fingerprint density at radius 1 is 1.32 bits per heavy atom. The van der Waals surface area contributed by atoms with Crippen LogP contribution < -0.4 is 10.2 Å². The highest BCUT2D eigenvalue weighted by Gasteiger charge is 2.21. The van der Waals surface area contributed by atoms with E-state index in [1.54, 1.807) is 17.2 Å². The van der Waals surface area contributed by atoms with Crippen LogP contribution in [0.15, 0.2) is 42.6 Å². The highest BCUT2D eigenvalue weighted by Crippen LogP contribution is 2.23. The van der Waals surface area contributed by atoms with Gasteiger partial charge >= 0.3 is 0 Å². The minimum Gasteiger partial charge on any atom is -0.364 e. The van der Waals surface area contributed by atoms with Crippen molar-refractivity contribution in [3.63, 3.8) is 0 Å². The first-order valence-electron chi connectivity index (χ1n) is 7.42. The molecule has 0 aliphatic carbocycles. The maximum Gasteiger partial charge on any atom is 0.227 e. The Morgan fingerprint density at radius 2 is 2.18 bits per heavy atom. The summed E-state index contributed by atoms with van der Waals surface area (Å²) in [5.41, 5.74) is 1.69. The summed E-state index contributed by atoms with van der Waals surface area (Å²) in [7, 11) is 0. The van der Waals surface area contributed by atoms with Crippen molar-refractivity contribution in [2.45, 2.75) is 25.8 Å². The molecule has 0 bridgehead atoms. The molecule has 1 aliphatic rings. The minimum absolute atomic E-state index is 0.0533. The third-order valence-corrected chi connectivity index (χ3v) is 3.85. The lowest BCUT2D eigenvalue weighted by Crippen LogP contribution is -2.23. The number of aromatic nitrogens is 1. The van der Waals surface area contributed by atoms with Crippen molar-refractivity contribution in [1.82, 2.24) is 4.98 Å². The Kier molecular flexibility index (Phi) is 4.04. The number of amides is 1. The number of nitrogens with one attached hydrogen (secondary N) is 1. The van der Waals surface area contributed by atoms with Gasteiger partial charge in [-0.3, -0.25) is 4.79 Å². The molecular weight excluding hydrogens is 281 g/mol. The van der Waals surface area contributed by atoms with E-state index in [1.807, 2.05) is 25.1 Å². The maximum absolute atomic E-state index is 13.2. The summed E-state index contributed by atoms with van der Waals surface area (Å²) >= 11 is 0. The number of carbonyl (C=O) groups is 1. The van der Waals surface area contributed by atoms with Gasteiger partial charge < -0.3 is 10.2 Å². The van der Waals surface area contributed by atoms with Crippen molar-refractivity contribution >= 4 is 17.4 Å². The molecule has 1 saturated heterocycles. The highest BCUT2D eigenvalue weighted by atomic mass is 19.1. The van der Waals surface area contributed by atoms with Gasteiger partial charge in [-0.1, -0.05) is 12.1 Å². The fourth-order valence-corrected chi connectivity index (χ4v) is 2.63. The van der Waals surface area contributed by atoms with Crippen LogP contribution in [0.2, 0.25) is 0 Å². The second-order valence-corrected chi connectivity index (χ2v) is 5.47. The number of carbonyl (C=O) groups excluding carboxylic acids is 1. The Hall–Kier alpha value is -2.43. The monoisotopic (exact) mass is 299 g/mol. The van der Waals surface area contributed by atoms with Crippen molar-refractivity contribution < 1.29 is 9.18 Å².